The van der Waals surface area contributed by atoms with Crippen molar-refractivity contribution in [3.63, 3.8) is 0 Å². The van der Waals surface area contributed by atoms with Crippen molar-refractivity contribution in [2.75, 3.05) is 19.7 Å². The maximum atomic E-state index is 12.0. The van der Waals surface area contributed by atoms with Crippen LogP contribution in [0.1, 0.15) is 5.56 Å². The van der Waals surface area contributed by atoms with E-state index >= 15 is 0 Å². The van der Waals surface area contributed by atoms with Crippen LogP contribution < -0.4 is 15.8 Å². The van der Waals surface area contributed by atoms with Crippen LogP contribution in [0, 0.1) is 11.8 Å². The van der Waals surface area contributed by atoms with Crippen LogP contribution in [0.25, 0.3) is 0 Å². The molecule has 0 radical (unpaired) electrons. The highest BCUT2D eigenvalue weighted by Crippen LogP contribution is 2.22. The lowest BCUT2D eigenvalue weighted by Gasteiger charge is -2.08. The Bertz CT molecular complexity index is 679. The number of aliphatic hydroxyl groups is 1. The maximum Gasteiger partial charge on any atom is 0.312 e. The molecule has 1 aromatic rings. The second-order valence-corrected chi connectivity index (χ2v) is 5.94. The number of urea groups is 1. The quantitative estimate of drug-likeness (QED) is 0.434. The van der Waals surface area contributed by atoms with Gasteiger partial charge in [-0.1, -0.05) is 23.4 Å². The fourth-order valence-electron chi connectivity index (χ4n) is 1.39. The number of hydrogen-bond donors (Lipinski definition) is 4. The SMILES string of the molecule is NC(=O)NCCNS(=O)(=O)c1ccc(C#CCO)cc1Cl. The molecule has 0 bridgehead atoms. The van der Waals surface area contributed by atoms with Crippen molar-refractivity contribution in [2.24, 2.45) is 5.73 Å². The molecule has 0 aromatic heterocycles. The summed E-state index contributed by atoms with van der Waals surface area (Å²) in [6, 6.07) is 3.44. The summed E-state index contributed by atoms with van der Waals surface area (Å²) in [6.07, 6.45) is 0. The van der Waals surface area contributed by atoms with Crippen molar-refractivity contribution >= 4 is 27.7 Å². The van der Waals surface area contributed by atoms with Crippen LogP contribution >= 0.6 is 11.6 Å². The number of carbonyl (C=O) groups is 1. The van der Waals surface area contributed by atoms with Gasteiger partial charge >= 0.3 is 6.03 Å². The molecule has 0 heterocycles. The average molecular weight is 332 g/mol. The molecule has 0 atom stereocenters. The van der Waals surface area contributed by atoms with Crippen molar-refractivity contribution in [3.8, 4) is 11.8 Å². The van der Waals surface area contributed by atoms with Gasteiger partial charge in [-0.2, -0.15) is 0 Å². The highest BCUT2D eigenvalue weighted by atomic mass is 35.5. The summed E-state index contributed by atoms with van der Waals surface area (Å²) in [5.41, 5.74) is 5.34. The molecule has 0 fully saturated rings. The van der Waals surface area contributed by atoms with Gasteiger partial charge in [0.25, 0.3) is 0 Å². The zero-order chi connectivity index (χ0) is 15.9. The number of primary amides is 1. The number of rotatable bonds is 5. The van der Waals surface area contributed by atoms with E-state index in [0.717, 1.165) is 0 Å². The van der Waals surface area contributed by atoms with E-state index in [1.54, 1.807) is 0 Å². The zero-order valence-corrected chi connectivity index (χ0v) is 12.5. The van der Waals surface area contributed by atoms with Gasteiger partial charge in [0.2, 0.25) is 10.0 Å². The molecule has 2 amide bonds. The van der Waals surface area contributed by atoms with E-state index in [4.69, 9.17) is 22.4 Å². The molecule has 1 aromatic carbocycles. The predicted molar refractivity (Wildman–Crippen MR) is 78.2 cm³/mol. The third-order valence-corrected chi connectivity index (χ3v) is 4.19. The Morgan fingerprint density at radius 1 is 1.38 bits per heavy atom. The summed E-state index contributed by atoms with van der Waals surface area (Å²) in [5, 5.41) is 10.9. The molecular formula is C12H14ClN3O4S. The molecule has 21 heavy (non-hydrogen) atoms. The second kappa shape index (κ2) is 7.85. The van der Waals surface area contributed by atoms with E-state index < -0.39 is 16.1 Å². The fraction of sp³-hybridized carbons (Fsp3) is 0.250. The van der Waals surface area contributed by atoms with Gasteiger partial charge in [-0.05, 0) is 18.2 Å². The lowest BCUT2D eigenvalue weighted by molar-refractivity contribution is 0.249. The number of hydrogen-bond acceptors (Lipinski definition) is 4. The smallest absolute Gasteiger partial charge is 0.312 e. The Labute approximate surface area is 127 Å². The van der Waals surface area contributed by atoms with Crippen LogP contribution in [-0.4, -0.2) is 39.3 Å². The maximum absolute atomic E-state index is 12.0. The van der Waals surface area contributed by atoms with Crippen LogP contribution in [-0.2, 0) is 10.0 Å². The topological polar surface area (TPSA) is 122 Å². The highest BCUT2D eigenvalue weighted by Gasteiger charge is 2.17. The van der Waals surface area contributed by atoms with E-state index in [0.29, 0.717) is 5.56 Å². The molecule has 0 spiro atoms. The third kappa shape index (κ3) is 5.61. The van der Waals surface area contributed by atoms with E-state index in [1.807, 2.05) is 0 Å². The van der Waals surface area contributed by atoms with Gasteiger partial charge < -0.3 is 16.2 Å². The summed E-state index contributed by atoms with van der Waals surface area (Å²) in [5.74, 6) is 5.05. The summed E-state index contributed by atoms with van der Waals surface area (Å²) < 4.78 is 26.3. The van der Waals surface area contributed by atoms with Gasteiger partial charge in [0.1, 0.15) is 11.5 Å². The number of nitrogens with one attached hydrogen (secondary N) is 2. The van der Waals surface area contributed by atoms with Crippen LogP contribution in [0.3, 0.4) is 0 Å². The summed E-state index contributed by atoms with van der Waals surface area (Å²) in [4.78, 5) is 10.4. The standard InChI is InChI=1S/C12H14ClN3O4S/c13-10-8-9(2-1-7-17)3-4-11(10)21(19,20)16-6-5-15-12(14)18/h3-4,8,16-17H,5-7H2,(H3,14,15,18). The van der Waals surface area contributed by atoms with Crippen molar-refractivity contribution in [1.82, 2.24) is 10.0 Å². The molecule has 0 unspecified atom stereocenters. The Morgan fingerprint density at radius 2 is 2.10 bits per heavy atom. The molecule has 0 aliphatic heterocycles. The van der Waals surface area contributed by atoms with E-state index in [-0.39, 0.29) is 29.6 Å². The van der Waals surface area contributed by atoms with E-state index in [2.05, 4.69) is 21.9 Å². The Kier molecular flexibility index (Phi) is 6.45. The van der Waals surface area contributed by atoms with Crippen molar-refractivity contribution in [2.45, 2.75) is 4.90 Å². The predicted octanol–water partition coefficient (Wildman–Crippen LogP) is -0.370. The van der Waals surface area contributed by atoms with Gasteiger partial charge in [0.05, 0.1) is 5.02 Å². The molecule has 0 aliphatic rings. The van der Waals surface area contributed by atoms with Crippen LogP contribution in [0.4, 0.5) is 4.79 Å². The first-order valence-electron chi connectivity index (χ1n) is 5.79. The van der Waals surface area contributed by atoms with Gasteiger partial charge in [0.15, 0.2) is 0 Å². The van der Waals surface area contributed by atoms with E-state index in [9.17, 15) is 13.2 Å². The van der Waals surface area contributed by atoms with Crippen LogP contribution in [0.2, 0.25) is 5.02 Å². The van der Waals surface area contributed by atoms with Crippen molar-refractivity contribution < 1.29 is 18.3 Å². The summed E-state index contributed by atoms with van der Waals surface area (Å²) >= 11 is 5.92. The lowest BCUT2D eigenvalue weighted by atomic mass is 10.2. The minimum Gasteiger partial charge on any atom is -0.384 e. The van der Waals surface area contributed by atoms with Crippen molar-refractivity contribution in [1.29, 1.82) is 0 Å². The number of halogens is 1. The van der Waals surface area contributed by atoms with Crippen LogP contribution in [0.15, 0.2) is 23.1 Å². The largest absolute Gasteiger partial charge is 0.384 e. The van der Waals surface area contributed by atoms with E-state index in [1.165, 1.54) is 18.2 Å². The van der Waals surface area contributed by atoms with Crippen LogP contribution in [0.5, 0.6) is 0 Å². The Hall–Kier alpha value is -1.79. The lowest BCUT2D eigenvalue weighted by Crippen LogP contribution is -2.37. The molecule has 0 aliphatic carbocycles. The van der Waals surface area contributed by atoms with Gasteiger partial charge in [-0.25, -0.2) is 17.9 Å². The number of nitrogens with two attached hydrogens (primary N) is 1. The minimum atomic E-state index is -3.80. The second-order valence-electron chi connectivity index (χ2n) is 3.79. The first kappa shape index (κ1) is 17.3. The highest BCUT2D eigenvalue weighted by molar-refractivity contribution is 7.89. The fourth-order valence-corrected chi connectivity index (χ4v) is 2.96. The third-order valence-electron chi connectivity index (χ3n) is 2.25. The van der Waals surface area contributed by atoms with Gasteiger partial charge in [-0.3, -0.25) is 0 Å². The zero-order valence-electron chi connectivity index (χ0n) is 10.9. The van der Waals surface area contributed by atoms with Gasteiger partial charge in [0, 0.05) is 18.7 Å². The number of sulfonamides is 1. The molecule has 0 saturated carbocycles. The van der Waals surface area contributed by atoms with Crippen molar-refractivity contribution in [3.05, 3.63) is 28.8 Å². The molecule has 7 nitrogen and oxygen atoms in total. The van der Waals surface area contributed by atoms with Gasteiger partial charge in [-0.15, -0.1) is 0 Å². The first-order valence-corrected chi connectivity index (χ1v) is 7.65. The molecule has 0 saturated heterocycles. The summed E-state index contributed by atoms with van der Waals surface area (Å²) in [6.45, 7) is -0.258. The summed E-state index contributed by atoms with van der Waals surface area (Å²) in [7, 11) is -3.80. The average Bonchev–Trinajstić information content (AvgIpc) is 2.41. The first-order chi connectivity index (χ1) is 9.86. The molecule has 9 heteroatoms. The minimum absolute atomic E-state index is 0.00935. The molecule has 114 valence electrons. The number of aliphatic hydroxyl groups excluding tert-OH is 1. The number of amides is 2. The molecular weight excluding hydrogens is 318 g/mol. The number of benzene rings is 1. The number of carbonyl (C=O) groups excluding carboxylic acids is 1. The normalized spacial score (nSPS) is 10.6. The monoisotopic (exact) mass is 331 g/mol. The molecule has 5 N–H and O–H groups in total. The Morgan fingerprint density at radius 3 is 2.67 bits per heavy atom. The Balaban J connectivity index is 2.81. The molecule has 1 rings (SSSR count).